The highest BCUT2D eigenvalue weighted by Crippen LogP contribution is 2.76. The molecule has 35 heavy (non-hydrogen) atoms. The quantitative estimate of drug-likeness (QED) is 0.680. The molecule has 2 heterocycles. The first-order valence-electron chi connectivity index (χ1n) is 12.9. The minimum Gasteiger partial charge on any atom is -0.485 e. The maximum Gasteiger partial charge on any atom is 0.339 e. The van der Waals surface area contributed by atoms with Crippen molar-refractivity contribution in [2.75, 3.05) is 27.3 Å². The molecule has 3 saturated carbocycles. The Hall–Kier alpha value is -2.41. The molecule has 2 spiro atoms. The summed E-state index contributed by atoms with van der Waals surface area (Å²) in [5.41, 5.74) is 3.29. The number of carbonyl (C=O) groups is 1. The maximum atomic E-state index is 12.2. The summed E-state index contributed by atoms with van der Waals surface area (Å²) in [5, 5.41) is 10.0. The zero-order chi connectivity index (χ0) is 24.0. The lowest BCUT2D eigenvalue weighted by Gasteiger charge is -2.73. The number of likely N-dealkylation sites (N-methyl/N-ethyl adjacent to an activating group) is 1. The second-order valence-corrected chi connectivity index (χ2v) is 11.4. The van der Waals surface area contributed by atoms with Crippen molar-refractivity contribution in [3.05, 3.63) is 64.7 Å². The van der Waals surface area contributed by atoms with Crippen molar-refractivity contribution in [1.29, 1.82) is 0 Å². The minimum atomic E-state index is -0.913. The van der Waals surface area contributed by atoms with Gasteiger partial charge in [0.2, 0.25) is 0 Å². The standard InChI is InChI=1S/C29H33NO5/c1-30-13-12-28-23-19-8-9-21(25(31)32)24(23)35-26(28)29(33-2)11-10-27(28,22(30)14-19)15-20(29)17-34-16-18-6-4-3-5-7-18/h3-9,20,22,26H,10-17H2,1-2H3,(H,31,32)/t20-,22-,26-,27?,28?,29?/m1/s1. The fourth-order valence-corrected chi connectivity index (χ4v) is 9.10. The molecule has 4 aliphatic carbocycles. The molecule has 6 nitrogen and oxygen atoms in total. The van der Waals surface area contributed by atoms with Crippen molar-refractivity contribution in [3.63, 3.8) is 0 Å². The van der Waals surface area contributed by atoms with Crippen molar-refractivity contribution in [2.45, 2.75) is 61.9 Å². The van der Waals surface area contributed by atoms with E-state index in [1.165, 1.54) is 16.7 Å². The molecule has 4 fully saturated rings. The molecule has 0 aromatic heterocycles. The maximum absolute atomic E-state index is 12.2. The summed E-state index contributed by atoms with van der Waals surface area (Å²) in [6.45, 7) is 2.20. The number of hydrogen-bond donors (Lipinski definition) is 1. The zero-order valence-corrected chi connectivity index (χ0v) is 20.5. The molecule has 8 rings (SSSR count). The number of carboxylic acid groups (broad SMARTS) is 1. The van der Waals surface area contributed by atoms with Crippen LogP contribution >= 0.6 is 0 Å². The van der Waals surface area contributed by atoms with Crippen LogP contribution in [0.5, 0.6) is 5.75 Å². The number of likely N-dealkylation sites (tertiary alicyclic amines) is 1. The van der Waals surface area contributed by atoms with Crippen LogP contribution in [0.2, 0.25) is 0 Å². The topological polar surface area (TPSA) is 68.2 Å². The van der Waals surface area contributed by atoms with Crippen LogP contribution in [0, 0.1) is 11.3 Å². The summed E-state index contributed by atoms with van der Waals surface area (Å²) in [4.78, 5) is 14.8. The van der Waals surface area contributed by atoms with Crippen molar-refractivity contribution in [2.24, 2.45) is 11.3 Å². The van der Waals surface area contributed by atoms with Crippen LogP contribution in [-0.4, -0.2) is 61.0 Å². The van der Waals surface area contributed by atoms with Crippen LogP contribution in [-0.2, 0) is 27.9 Å². The number of hydrogen-bond acceptors (Lipinski definition) is 5. The molecule has 1 N–H and O–H groups in total. The molecule has 1 saturated heterocycles. The Labute approximate surface area is 206 Å². The Morgan fingerprint density at radius 2 is 2.00 bits per heavy atom. The Morgan fingerprint density at radius 1 is 1.17 bits per heavy atom. The number of benzene rings is 2. The molecule has 4 bridgehead atoms. The Morgan fingerprint density at radius 3 is 2.77 bits per heavy atom. The van der Waals surface area contributed by atoms with Crippen LogP contribution in [0.3, 0.4) is 0 Å². The third kappa shape index (κ3) is 2.53. The van der Waals surface area contributed by atoms with Gasteiger partial charge >= 0.3 is 5.97 Å². The van der Waals surface area contributed by atoms with Gasteiger partial charge in [-0.25, -0.2) is 4.79 Å². The van der Waals surface area contributed by atoms with E-state index >= 15 is 0 Å². The fourth-order valence-electron chi connectivity index (χ4n) is 9.10. The number of methoxy groups -OCH3 is 1. The van der Waals surface area contributed by atoms with E-state index in [2.05, 4.69) is 30.1 Å². The molecule has 2 aliphatic heterocycles. The number of rotatable bonds is 6. The Kier molecular flexibility index (Phi) is 4.56. The molecule has 2 aromatic carbocycles. The number of carboxylic acids is 1. The van der Waals surface area contributed by atoms with E-state index < -0.39 is 11.6 Å². The highest BCUT2D eigenvalue weighted by Gasteiger charge is 2.80. The van der Waals surface area contributed by atoms with Crippen LogP contribution in [0.1, 0.15) is 52.7 Å². The second-order valence-electron chi connectivity index (χ2n) is 11.4. The van der Waals surface area contributed by atoms with Crippen LogP contribution in [0.25, 0.3) is 0 Å². The average molecular weight is 476 g/mol. The van der Waals surface area contributed by atoms with Crippen molar-refractivity contribution < 1.29 is 24.1 Å². The van der Waals surface area contributed by atoms with Crippen molar-refractivity contribution in [1.82, 2.24) is 4.90 Å². The third-order valence-corrected chi connectivity index (χ3v) is 10.5. The van der Waals surface area contributed by atoms with E-state index in [1.54, 1.807) is 6.07 Å². The van der Waals surface area contributed by atoms with Crippen LogP contribution in [0.15, 0.2) is 42.5 Å². The summed E-state index contributed by atoms with van der Waals surface area (Å²) in [5.74, 6) is -0.105. The lowest BCUT2D eigenvalue weighted by Crippen LogP contribution is -2.81. The molecule has 6 heteroatoms. The first kappa shape index (κ1) is 21.8. The van der Waals surface area contributed by atoms with E-state index in [9.17, 15) is 9.90 Å². The Bertz CT molecular complexity index is 1200. The smallest absolute Gasteiger partial charge is 0.339 e. The minimum absolute atomic E-state index is 0.0428. The number of ether oxygens (including phenoxy) is 3. The zero-order valence-electron chi connectivity index (χ0n) is 20.5. The van der Waals surface area contributed by atoms with Gasteiger partial charge in [-0.05, 0) is 62.9 Å². The highest BCUT2D eigenvalue weighted by molar-refractivity contribution is 5.92. The average Bonchev–Trinajstić information content (AvgIpc) is 3.23. The van der Waals surface area contributed by atoms with E-state index in [1.807, 2.05) is 25.3 Å². The summed E-state index contributed by atoms with van der Waals surface area (Å²) in [6, 6.07) is 14.5. The number of aromatic carboxylic acids is 1. The van der Waals surface area contributed by atoms with E-state index in [0.29, 0.717) is 30.6 Å². The van der Waals surface area contributed by atoms with Gasteiger partial charge in [-0.1, -0.05) is 36.4 Å². The van der Waals surface area contributed by atoms with Gasteiger partial charge in [-0.2, -0.15) is 0 Å². The van der Waals surface area contributed by atoms with E-state index in [0.717, 1.165) is 38.6 Å². The number of fused-ring (bicyclic) bond motifs is 2. The van der Waals surface area contributed by atoms with Gasteiger partial charge in [-0.3, -0.25) is 0 Å². The molecule has 2 aromatic rings. The molecular formula is C29H33NO5. The predicted molar refractivity (Wildman–Crippen MR) is 130 cm³/mol. The number of piperidine rings is 1. The summed E-state index contributed by atoms with van der Waals surface area (Å²) in [7, 11) is 4.09. The molecule has 6 atom stereocenters. The molecule has 0 radical (unpaired) electrons. The first-order chi connectivity index (χ1) is 17.0. The fraction of sp³-hybridized carbons (Fsp3) is 0.552. The summed E-state index contributed by atoms with van der Waals surface area (Å²) < 4.78 is 19.7. The van der Waals surface area contributed by atoms with Gasteiger partial charge in [-0.15, -0.1) is 0 Å². The van der Waals surface area contributed by atoms with Gasteiger partial charge in [0, 0.05) is 35.5 Å². The van der Waals surface area contributed by atoms with Gasteiger partial charge in [0.1, 0.15) is 23.0 Å². The third-order valence-electron chi connectivity index (χ3n) is 10.5. The van der Waals surface area contributed by atoms with Gasteiger partial charge < -0.3 is 24.2 Å². The van der Waals surface area contributed by atoms with Crippen molar-refractivity contribution >= 4 is 5.97 Å². The molecule has 6 aliphatic rings. The Balaban J connectivity index is 1.34. The first-order valence-corrected chi connectivity index (χ1v) is 12.9. The van der Waals surface area contributed by atoms with Gasteiger partial charge in [0.15, 0.2) is 0 Å². The lowest BCUT2D eigenvalue weighted by molar-refractivity contribution is -0.282. The summed E-state index contributed by atoms with van der Waals surface area (Å²) in [6.07, 6.45) is 4.79. The SMILES string of the molecule is COC12CCC3(C[C@@H]1COCc1ccccc1)[C@H]1Cc4ccc(C(=O)O)c5c4C3(CCN1C)[C@H]2O5. The van der Waals surface area contributed by atoms with Crippen LogP contribution < -0.4 is 4.74 Å². The molecule has 3 unspecified atom stereocenters. The monoisotopic (exact) mass is 475 g/mol. The van der Waals surface area contributed by atoms with Crippen LogP contribution in [0.4, 0.5) is 0 Å². The normalized spacial score (nSPS) is 38.2. The molecular weight excluding hydrogens is 442 g/mol. The number of nitrogens with zero attached hydrogens (tertiary/aromatic N) is 1. The largest absolute Gasteiger partial charge is 0.485 e. The second kappa shape index (κ2) is 7.31. The predicted octanol–water partition coefficient (Wildman–Crippen LogP) is 4.05. The molecule has 184 valence electrons. The van der Waals surface area contributed by atoms with Gasteiger partial charge in [0.25, 0.3) is 0 Å². The van der Waals surface area contributed by atoms with E-state index in [-0.39, 0.29) is 22.9 Å². The molecule has 0 amide bonds. The summed E-state index contributed by atoms with van der Waals surface area (Å²) >= 11 is 0. The lowest BCUT2D eigenvalue weighted by atomic mass is 9.35. The van der Waals surface area contributed by atoms with E-state index in [4.69, 9.17) is 14.2 Å². The van der Waals surface area contributed by atoms with Crippen molar-refractivity contribution in [3.8, 4) is 5.75 Å². The van der Waals surface area contributed by atoms with Gasteiger partial charge in [0.05, 0.1) is 13.2 Å². The highest BCUT2D eigenvalue weighted by atomic mass is 16.6.